The van der Waals surface area contributed by atoms with Gasteiger partial charge >= 0.3 is 6.09 Å². The highest BCUT2D eigenvalue weighted by atomic mass is 19.3. The minimum absolute atomic E-state index is 0.0962. The van der Waals surface area contributed by atoms with Gasteiger partial charge in [0.25, 0.3) is 11.8 Å². The van der Waals surface area contributed by atoms with Gasteiger partial charge in [0, 0.05) is 50.7 Å². The smallest absolute Gasteiger partial charge is 0.408 e. The van der Waals surface area contributed by atoms with Crippen LogP contribution in [-0.2, 0) is 14.3 Å². The standard InChI is InChI=1S/C37H43F2N7O6/c1-36(2,3)52-35(50)43-22-32(47)45-16-14-44(15-17-45)13-4-18-51-28-8-5-25(6-9-28)26-7-10-31-30(19-26)29(11-12-41-31)34(49)42-23-33(48)46-24-37(38,39)20-27(46)21-40/h5-12,19,27H,4,13-18,20,22-24H2,1-3H3,(H,42,49)(H,43,50)/t27-/m0/s1. The lowest BCUT2D eigenvalue weighted by molar-refractivity contribution is -0.132. The molecule has 0 bridgehead atoms. The number of rotatable bonds is 11. The number of aromatic nitrogens is 1. The Balaban J connectivity index is 1.07. The van der Waals surface area contributed by atoms with Gasteiger partial charge in [0.2, 0.25) is 11.8 Å². The Morgan fingerprint density at radius 2 is 1.65 bits per heavy atom. The van der Waals surface area contributed by atoms with E-state index in [2.05, 4.69) is 20.5 Å². The first kappa shape index (κ1) is 37.9. The summed E-state index contributed by atoms with van der Waals surface area (Å²) in [6, 6.07) is 15.1. The van der Waals surface area contributed by atoms with Crippen molar-refractivity contribution in [3.63, 3.8) is 0 Å². The molecule has 2 aromatic carbocycles. The molecule has 2 aliphatic rings. The van der Waals surface area contributed by atoms with Crippen LogP contribution in [0.15, 0.2) is 54.7 Å². The summed E-state index contributed by atoms with van der Waals surface area (Å²) in [5.41, 5.74) is 1.91. The normalized spacial score (nSPS) is 17.3. The molecule has 2 N–H and O–H groups in total. The number of alkyl halides is 2. The lowest BCUT2D eigenvalue weighted by Crippen LogP contribution is -2.51. The van der Waals surface area contributed by atoms with Crippen molar-refractivity contribution in [2.75, 3.05) is 59.0 Å². The first-order valence-electron chi connectivity index (χ1n) is 17.2. The van der Waals surface area contributed by atoms with E-state index in [-0.39, 0.29) is 18.0 Å². The van der Waals surface area contributed by atoms with Gasteiger partial charge in [-0.25, -0.2) is 13.6 Å². The van der Waals surface area contributed by atoms with E-state index in [9.17, 15) is 33.2 Å². The van der Waals surface area contributed by atoms with Gasteiger partial charge in [-0.1, -0.05) is 18.2 Å². The van der Waals surface area contributed by atoms with Crippen molar-refractivity contribution < 1.29 is 37.4 Å². The Labute approximate surface area is 300 Å². The van der Waals surface area contributed by atoms with Gasteiger partial charge in [0.05, 0.1) is 36.8 Å². The molecule has 3 aromatic rings. The summed E-state index contributed by atoms with van der Waals surface area (Å²) in [5, 5.41) is 14.8. The van der Waals surface area contributed by atoms with Gasteiger partial charge in [0.15, 0.2) is 0 Å². The Bertz CT molecular complexity index is 1820. The number of halogens is 2. The van der Waals surface area contributed by atoms with E-state index in [0.29, 0.717) is 36.3 Å². The number of carbonyl (C=O) groups is 4. The molecule has 0 unspecified atom stereocenters. The van der Waals surface area contributed by atoms with Crippen LogP contribution in [-0.4, -0.2) is 120 Å². The highest BCUT2D eigenvalue weighted by Gasteiger charge is 2.47. The van der Waals surface area contributed by atoms with E-state index in [4.69, 9.17) is 9.47 Å². The summed E-state index contributed by atoms with van der Waals surface area (Å²) in [5.74, 6) is -3.89. The van der Waals surface area contributed by atoms with Gasteiger partial charge < -0.3 is 29.9 Å². The SMILES string of the molecule is CC(C)(C)OC(=O)NCC(=O)N1CCN(CCCOc2ccc(-c3ccc4nccc(C(=O)NCC(=O)N5CC(F)(F)C[C@H]5C#N)c4c3)cc2)CC1. The number of nitrogens with one attached hydrogen (secondary N) is 2. The molecule has 0 aliphatic carbocycles. The maximum atomic E-state index is 13.8. The van der Waals surface area contributed by atoms with Crippen LogP contribution in [0.5, 0.6) is 5.75 Å². The fourth-order valence-electron chi connectivity index (χ4n) is 6.09. The third kappa shape index (κ3) is 10.1. The van der Waals surface area contributed by atoms with Crippen LogP contribution >= 0.6 is 0 Å². The van der Waals surface area contributed by atoms with Crippen molar-refractivity contribution in [1.82, 2.24) is 30.3 Å². The summed E-state index contributed by atoms with van der Waals surface area (Å²) < 4.78 is 38.7. The minimum atomic E-state index is -3.14. The number of nitriles is 1. The summed E-state index contributed by atoms with van der Waals surface area (Å²) in [4.78, 5) is 59.2. The molecule has 13 nitrogen and oxygen atoms in total. The third-order valence-electron chi connectivity index (χ3n) is 8.71. The number of piperazine rings is 1. The Kier molecular flexibility index (Phi) is 11.9. The van der Waals surface area contributed by atoms with Crippen molar-refractivity contribution >= 4 is 34.7 Å². The number of amides is 4. The summed E-state index contributed by atoms with van der Waals surface area (Å²) in [6.07, 6.45) is 0.943. The first-order chi connectivity index (χ1) is 24.7. The average molecular weight is 720 g/mol. The van der Waals surface area contributed by atoms with Crippen LogP contribution in [0.1, 0.15) is 44.0 Å². The summed E-state index contributed by atoms with van der Waals surface area (Å²) in [7, 11) is 0. The van der Waals surface area contributed by atoms with Crippen molar-refractivity contribution in [3.05, 3.63) is 60.3 Å². The highest BCUT2D eigenvalue weighted by Crippen LogP contribution is 2.32. The zero-order valence-electron chi connectivity index (χ0n) is 29.5. The number of alkyl carbamates (subject to hydrolysis) is 1. The van der Waals surface area contributed by atoms with Crippen LogP contribution in [0.2, 0.25) is 0 Å². The van der Waals surface area contributed by atoms with Crippen LogP contribution in [0, 0.1) is 11.3 Å². The quantitative estimate of drug-likeness (QED) is 0.281. The fraction of sp³-hybridized carbons (Fsp3) is 0.459. The lowest BCUT2D eigenvalue weighted by atomic mass is 10.0. The number of carbonyl (C=O) groups excluding carboxylic acids is 4. The van der Waals surface area contributed by atoms with Gasteiger partial charge in [-0.2, -0.15) is 5.26 Å². The highest BCUT2D eigenvalue weighted by molar-refractivity contribution is 6.07. The number of fused-ring (bicyclic) bond motifs is 1. The maximum Gasteiger partial charge on any atom is 0.408 e. The van der Waals surface area contributed by atoms with Crippen molar-refractivity contribution in [3.8, 4) is 22.9 Å². The molecular weight excluding hydrogens is 676 g/mol. The van der Waals surface area contributed by atoms with Crippen LogP contribution in [0.3, 0.4) is 0 Å². The number of likely N-dealkylation sites (tertiary alicyclic amines) is 1. The largest absolute Gasteiger partial charge is 0.494 e. The number of hydrogen-bond acceptors (Lipinski definition) is 9. The monoisotopic (exact) mass is 719 g/mol. The topological polar surface area (TPSA) is 157 Å². The molecule has 52 heavy (non-hydrogen) atoms. The number of ether oxygens (including phenoxy) is 2. The molecule has 2 aliphatic heterocycles. The van der Waals surface area contributed by atoms with Crippen LogP contribution in [0.25, 0.3) is 22.0 Å². The molecule has 1 aromatic heterocycles. The van der Waals surface area contributed by atoms with Crippen molar-refractivity contribution in [2.24, 2.45) is 0 Å². The second-order valence-corrected chi connectivity index (χ2v) is 13.8. The van der Waals surface area contributed by atoms with Gasteiger partial charge in [0.1, 0.15) is 23.9 Å². The number of nitrogens with zero attached hydrogens (tertiary/aromatic N) is 5. The Hall–Kier alpha value is -5.36. The van der Waals surface area contributed by atoms with E-state index < -0.39 is 55.0 Å². The fourth-order valence-corrected chi connectivity index (χ4v) is 6.09. The molecule has 0 spiro atoms. The first-order valence-corrected chi connectivity index (χ1v) is 17.2. The van der Waals surface area contributed by atoms with E-state index in [1.54, 1.807) is 37.8 Å². The van der Waals surface area contributed by atoms with Crippen molar-refractivity contribution in [1.29, 1.82) is 5.26 Å². The zero-order chi connectivity index (χ0) is 37.5. The van der Waals surface area contributed by atoms with Gasteiger partial charge in [-0.15, -0.1) is 0 Å². The van der Waals surface area contributed by atoms with E-state index in [1.807, 2.05) is 36.4 Å². The molecule has 2 saturated heterocycles. The molecule has 15 heteroatoms. The predicted molar refractivity (Wildman–Crippen MR) is 188 cm³/mol. The molecule has 1 atom stereocenters. The second-order valence-electron chi connectivity index (χ2n) is 13.8. The lowest BCUT2D eigenvalue weighted by Gasteiger charge is -2.34. The van der Waals surface area contributed by atoms with E-state index in [0.717, 1.165) is 42.1 Å². The maximum absolute atomic E-state index is 13.8. The van der Waals surface area contributed by atoms with Crippen LogP contribution in [0.4, 0.5) is 13.6 Å². The molecule has 3 heterocycles. The molecule has 5 rings (SSSR count). The molecule has 0 saturated carbocycles. The van der Waals surface area contributed by atoms with Crippen LogP contribution < -0.4 is 15.4 Å². The number of pyridine rings is 1. The second kappa shape index (κ2) is 16.3. The van der Waals surface area contributed by atoms with Gasteiger partial charge in [-0.3, -0.25) is 24.3 Å². The van der Waals surface area contributed by atoms with Gasteiger partial charge in [-0.05, 0) is 68.7 Å². The Morgan fingerprint density at radius 3 is 2.35 bits per heavy atom. The number of hydrogen-bond donors (Lipinski definition) is 2. The molecule has 2 fully saturated rings. The van der Waals surface area contributed by atoms with E-state index in [1.165, 1.54) is 12.3 Å². The summed E-state index contributed by atoms with van der Waals surface area (Å²) in [6.45, 7) is 7.79. The minimum Gasteiger partial charge on any atom is -0.494 e. The predicted octanol–water partition coefficient (Wildman–Crippen LogP) is 3.83. The molecular formula is C37H43F2N7O6. The molecule has 4 amide bonds. The molecule has 0 radical (unpaired) electrons. The summed E-state index contributed by atoms with van der Waals surface area (Å²) >= 11 is 0. The average Bonchev–Trinajstić information content (AvgIpc) is 3.45. The number of benzene rings is 2. The Morgan fingerprint density at radius 1 is 0.962 bits per heavy atom. The zero-order valence-corrected chi connectivity index (χ0v) is 29.5. The van der Waals surface area contributed by atoms with Crippen molar-refractivity contribution in [2.45, 2.75) is 51.2 Å². The third-order valence-corrected chi connectivity index (χ3v) is 8.71. The molecule has 276 valence electrons. The van der Waals surface area contributed by atoms with E-state index >= 15 is 0 Å².